The van der Waals surface area contributed by atoms with E-state index in [-0.39, 0.29) is 0 Å². The molecule has 3 aromatic carbocycles. The first-order valence-electron chi connectivity index (χ1n) is 11.5. The fourth-order valence-electron chi connectivity index (χ4n) is 4.34. The highest BCUT2D eigenvalue weighted by atomic mass is 16.5. The van der Waals surface area contributed by atoms with Gasteiger partial charge in [-0.05, 0) is 60.4 Å². The van der Waals surface area contributed by atoms with Crippen molar-refractivity contribution in [2.75, 3.05) is 0 Å². The van der Waals surface area contributed by atoms with Crippen LogP contribution in [0.5, 0.6) is 5.75 Å². The second-order valence-corrected chi connectivity index (χ2v) is 8.49. The van der Waals surface area contributed by atoms with Gasteiger partial charge < -0.3 is 14.4 Å². The minimum atomic E-state index is -0.901. The first kappa shape index (κ1) is 21.7. The molecule has 0 aliphatic carbocycles. The van der Waals surface area contributed by atoms with Crippen LogP contribution in [0.4, 0.5) is 0 Å². The molecule has 0 bridgehead atoms. The van der Waals surface area contributed by atoms with Gasteiger partial charge in [-0.25, -0.2) is 9.78 Å². The molecule has 0 amide bonds. The van der Waals surface area contributed by atoms with Crippen molar-refractivity contribution < 1.29 is 14.6 Å². The van der Waals surface area contributed by atoms with E-state index in [1.54, 1.807) is 12.1 Å². The summed E-state index contributed by atoms with van der Waals surface area (Å²) in [5.74, 6) is -0.0969. The lowest BCUT2D eigenvalue weighted by atomic mass is 10.0. The summed E-state index contributed by atoms with van der Waals surface area (Å²) in [6.07, 6.45) is 3.90. The molecule has 1 N–H and O–H groups in total. The van der Waals surface area contributed by atoms with E-state index in [0.717, 1.165) is 52.6 Å². The van der Waals surface area contributed by atoms with Crippen LogP contribution >= 0.6 is 0 Å². The minimum absolute atomic E-state index is 0.317. The maximum atomic E-state index is 11.4. The maximum absolute atomic E-state index is 11.4. The van der Waals surface area contributed by atoms with E-state index in [1.165, 1.54) is 11.1 Å². The fraction of sp³-hybridized carbons (Fsp3) is 0.172. The molecule has 0 aliphatic rings. The number of para-hydroxylation sites is 1. The predicted molar refractivity (Wildman–Crippen MR) is 135 cm³/mol. The van der Waals surface area contributed by atoms with E-state index < -0.39 is 5.97 Å². The zero-order valence-corrected chi connectivity index (χ0v) is 19.1. The van der Waals surface area contributed by atoms with Gasteiger partial charge in [0.15, 0.2) is 0 Å². The SMILES string of the molecule is CCCn1cc(Cc2ccc(OCc3ccc4ccccc4n3)cc2)c2ccc(C(=O)O)cc21. The molecule has 34 heavy (non-hydrogen) atoms. The van der Waals surface area contributed by atoms with Gasteiger partial charge in [0.2, 0.25) is 0 Å². The molecule has 5 rings (SSSR count). The highest BCUT2D eigenvalue weighted by Crippen LogP contribution is 2.26. The van der Waals surface area contributed by atoms with Crippen molar-refractivity contribution in [1.82, 2.24) is 9.55 Å². The van der Waals surface area contributed by atoms with Gasteiger partial charge in [0.1, 0.15) is 12.4 Å². The third-order valence-corrected chi connectivity index (χ3v) is 6.04. The van der Waals surface area contributed by atoms with Crippen molar-refractivity contribution in [2.45, 2.75) is 32.9 Å². The molecular weight excluding hydrogens is 424 g/mol. The Balaban J connectivity index is 1.31. The number of aryl methyl sites for hydroxylation is 1. The number of benzene rings is 3. The lowest BCUT2D eigenvalue weighted by Crippen LogP contribution is -1.98. The number of nitrogens with zero attached hydrogens (tertiary/aromatic N) is 2. The number of ether oxygens (including phenoxy) is 1. The number of fused-ring (bicyclic) bond motifs is 2. The number of hydrogen-bond acceptors (Lipinski definition) is 3. The summed E-state index contributed by atoms with van der Waals surface area (Å²) in [5, 5.41) is 11.6. The van der Waals surface area contributed by atoms with Crippen molar-refractivity contribution in [3.8, 4) is 5.75 Å². The molecule has 2 aromatic heterocycles. The number of pyridine rings is 1. The number of carboxylic acid groups (broad SMARTS) is 1. The Morgan fingerprint density at radius 3 is 2.62 bits per heavy atom. The Kier molecular flexibility index (Phi) is 6.00. The van der Waals surface area contributed by atoms with Crippen LogP contribution in [0.3, 0.4) is 0 Å². The van der Waals surface area contributed by atoms with Gasteiger partial charge in [-0.2, -0.15) is 0 Å². The van der Waals surface area contributed by atoms with Gasteiger partial charge in [0.05, 0.1) is 16.8 Å². The Hall–Kier alpha value is -4.12. The lowest BCUT2D eigenvalue weighted by Gasteiger charge is -2.08. The van der Waals surface area contributed by atoms with Crippen LogP contribution in [-0.4, -0.2) is 20.6 Å². The van der Waals surface area contributed by atoms with Crippen molar-refractivity contribution in [2.24, 2.45) is 0 Å². The van der Waals surface area contributed by atoms with Crippen LogP contribution in [0.15, 0.2) is 85.1 Å². The molecule has 0 saturated heterocycles. The second-order valence-electron chi connectivity index (χ2n) is 8.49. The lowest BCUT2D eigenvalue weighted by molar-refractivity contribution is 0.0697. The molecule has 0 saturated carbocycles. The van der Waals surface area contributed by atoms with Crippen LogP contribution in [-0.2, 0) is 19.6 Å². The van der Waals surface area contributed by atoms with Crippen LogP contribution < -0.4 is 4.74 Å². The first-order chi connectivity index (χ1) is 16.6. The Labute approximate surface area is 198 Å². The van der Waals surface area contributed by atoms with Gasteiger partial charge in [-0.3, -0.25) is 0 Å². The van der Waals surface area contributed by atoms with Crippen LogP contribution in [0.1, 0.15) is 40.5 Å². The van der Waals surface area contributed by atoms with E-state index in [9.17, 15) is 9.90 Å². The summed E-state index contributed by atoms with van der Waals surface area (Å²) in [5.41, 5.74) is 5.52. The van der Waals surface area contributed by atoms with Crippen LogP contribution in [0.25, 0.3) is 21.8 Å². The number of carbonyl (C=O) groups is 1. The topological polar surface area (TPSA) is 64.4 Å². The molecule has 170 valence electrons. The summed E-state index contributed by atoms with van der Waals surface area (Å²) >= 11 is 0. The predicted octanol–water partition coefficient (Wildman–Crippen LogP) is 6.47. The zero-order valence-electron chi connectivity index (χ0n) is 19.1. The van der Waals surface area contributed by atoms with Crippen molar-refractivity contribution in [1.29, 1.82) is 0 Å². The van der Waals surface area contributed by atoms with E-state index >= 15 is 0 Å². The highest BCUT2D eigenvalue weighted by Gasteiger charge is 2.12. The maximum Gasteiger partial charge on any atom is 0.335 e. The molecule has 0 fully saturated rings. The summed E-state index contributed by atoms with van der Waals surface area (Å²) in [6.45, 7) is 3.40. The van der Waals surface area contributed by atoms with Gasteiger partial charge in [-0.15, -0.1) is 0 Å². The Bertz CT molecular complexity index is 1470. The smallest absolute Gasteiger partial charge is 0.335 e. The van der Waals surface area contributed by atoms with Crippen LogP contribution in [0.2, 0.25) is 0 Å². The summed E-state index contributed by atoms with van der Waals surface area (Å²) < 4.78 is 8.12. The van der Waals surface area contributed by atoms with E-state index in [2.05, 4.69) is 46.9 Å². The molecule has 5 nitrogen and oxygen atoms in total. The number of aromatic nitrogens is 2. The van der Waals surface area contributed by atoms with E-state index in [0.29, 0.717) is 12.2 Å². The molecule has 2 heterocycles. The summed E-state index contributed by atoms with van der Waals surface area (Å²) in [7, 11) is 0. The van der Waals surface area contributed by atoms with Crippen molar-refractivity contribution in [3.63, 3.8) is 0 Å². The summed E-state index contributed by atoms with van der Waals surface area (Å²) in [6, 6.07) is 25.6. The molecule has 0 atom stereocenters. The molecule has 0 radical (unpaired) electrons. The molecule has 5 heteroatoms. The molecular formula is C29H26N2O3. The van der Waals surface area contributed by atoms with Gasteiger partial charge in [-0.1, -0.05) is 49.4 Å². The molecule has 0 spiro atoms. The number of aromatic carboxylic acids is 1. The van der Waals surface area contributed by atoms with Gasteiger partial charge >= 0.3 is 5.97 Å². The Morgan fingerprint density at radius 1 is 1.00 bits per heavy atom. The Morgan fingerprint density at radius 2 is 1.82 bits per heavy atom. The largest absolute Gasteiger partial charge is 0.487 e. The van der Waals surface area contributed by atoms with Crippen LogP contribution in [0, 0.1) is 0 Å². The number of carboxylic acids is 1. The second kappa shape index (κ2) is 9.40. The number of hydrogen-bond donors (Lipinski definition) is 1. The zero-order chi connectivity index (χ0) is 23.5. The molecule has 0 aliphatic heterocycles. The van der Waals surface area contributed by atoms with Gasteiger partial charge in [0, 0.05) is 29.0 Å². The van der Waals surface area contributed by atoms with E-state index in [4.69, 9.17) is 4.74 Å². The van der Waals surface area contributed by atoms with Gasteiger partial charge in [0.25, 0.3) is 0 Å². The average Bonchev–Trinajstić information content (AvgIpc) is 3.20. The molecule has 5 aromatic rings. The number of rotatable bonds is 8. The molecule has 0 unspecified atom stereocenters. The minimum Gasteiger partial charge on any atom is -0.487 e. The highest BCUT2D eigenvalue weighted by molar-refractivity contribution is 5.94. The normalized spacial score (nSPS) is 11.2. The standard InChI is InChI=1S/C29H26N2O3/c1-2-15-31-18-23(26-14-10-22(29(32)33)17-28(26)31)16-20-7-12-25(13-8-20)34-19-24-11-9-21-5-3-4-6-27(21)30-24/h3-14,17-18H,2,15-16,19H2,1H3,(H,32,33). The third kappa shape index (κ3) is 4.50. The first-order valence-corrected chi connectivity index (χ1v) is 11.5. The van der Waals surface area contributed by atoms with Crippen molar-refractivity contribution >= 4 is 27.8 Å². The van der Waals surface area contributed by atoms with E-state index in [1.807, 2.05) is 42.5 Å². The fourth-order valence-corrected chi connectivity index (χ4v) is 4.34. The summed E-state index contributed by atoms with van der Waals surface area (Å²) in [4.78, 5) is 16.1. The van der Waals surface area contributed by atoms with Crippen molar-refractivity contribution in [3.05, 3.63) is 107 Å². The third-order valence-electron chi connectivity index (χ3n) is 6.04. The average molecular weight is 451 g/mol. The quantitative estimate of drug-likeness (QED) is 0.294. The monoisotopic (exact) mass is 450 g/mol.